The Kier molecular flexibility index (Phi) is 11.4. The first-order valence-corrected chi connectivity index (χ1v) is 12.1. The van der Waals surface area contributed by atoms with E-state index in [1.165, 1.54) is 0 Å². The average Bonchev–Trinajstić information content (AvgIpc) is 3.13. The number of tetrazole rings is 1. The number of rotatable bonds is 11. The zero-order valence-electron chi connectivity index (χ0n) is 17.5. The number of aromatic nitrogens is 4. The number of benzene rings is 2. The Hall–Kier alpha value is -1.23. The quantitative estimate of drug-likeness (QED) is 0.234. The number of hydrogen-bond donors (Lipinski definition) is 1. The minimum atomic E-state index is 0. The fraction of sp³-hybridized carbons (Fsp3) is 0.350. The summed E-state index contributed by atoms with van der Waals surface area (Å²) in [5.74, 6) is 2.18. The standard InChI is InChI=1S/C20H22BrCl2N5O2S.ClH/c1-3-29-18-9-13(11-24-6-7-31-20-25-26-27-28(20)2)8-16(21)19(18)30-12-14-4-5-15(22)10-17(14)23;/h4-5,8-10,24H,3,6-7,11-12H2,1-2H3;1H. The molecule has 0 spiro atoms. The molecule has 0 atom stereocenters. The second-order valence-corrected chi connectivity index (χ2v) is 9.23. The van der Waals surface area contributed by atoms with E-state index >= 15 is 0 Å². The van der Waals surface area contributed by atoms with Crippen LogP contribution in [-0.2, 0) is 20.2 Å². The van der Waals surface area contributed by atoms with Gasteiger partial charge in [0.25, 0.3) is 0 Å². The summed E-state index contributed by atoms with van der Waals surface area (Å²) in [5.41, 5.74) is 1.93. The average molecular weight is 584 g/mol. The van der Waals surface area contributed by atoms with Gasteiger partial charge in [0.05, 0.1) is 11.1 Å². The molecular formula is C20H23BrCl3N5O2S. The van der Waals surface area contributed by atoms with Crippen molar-refractivity contribution in [3.63, 3.8) is 0 Å². The molecule has 0 amide bonds. The fourth-order valence-electron chi connectivity index (χ4n) is 2.71. The summed E-state index contributed by atoms with van der Waals surface area (Å²) in [4.78, 5) is 0. The Labute approximate surface area is 216 Å². The first-order chi connectivity index (χ1) is 15.0. The molecule has 0 aliphatic heterocycles. The summed E-state index contributed by atoms with van der Waals surface area (Å²) in [6.45, 7) is 4.29. The highest BCUT2D eigenvalue weighted by Crippen LogP contribution is 2.38. The number of aryl methyl sites for hydroxylation is 1. The van der Waals surface area contributed by atoms with E-state index in [9.17, 15) is 0 Å². The monoisotopic (exact) mass is 581 g/mol. The third-order valence-electron chi connectivity index (χ3n) is 4.18. The van der Waals surface area contributed by atoms with E-state index in [0.29, 0.717) is 41.3 Å². The van der Waals surface area contributed by atoms with E-state index in [2.05, 4.69) is 36.8 Å². The van der Waals surface area contributed by atoms with Crippen molar-refractivity contribution in [1.82, 2.24) is 25.5 Å². The lowest BCUT2D eigenvalue weighted by atomic mass is 10.2. The summed E-state index contributed by atoms with van der Waals surface area (Å²) in [7, 11) is 1.83. The molecule has 1 aromatic heterocycles. The van der Waals surface area contributed by atoms with Crippen molar-refractivity contribution in [3.8, 4) is 11.5 Å². The van der Waals surface area contributed by atoms with Crippen LogP contribution in [0, 0.1) is 0 Å². The highest BCUT2D eigenvalue weighted by atomic mass is 79.9. The Morgan fingerprint density at radius 3 is 2.69 bits per heavy atom. The molecule has 0 saturated carbocycles. The van der Waals surface area contributed by atoms with Crippen LogP contribution in [0.4, 0.5) is 0 Å². The first kappa shape index (κ1) is 27.0. The van der Waals surface area contributed by atoms with E-state index in [0.717, 1.165) is 33.1 Å². The van der Waals surface area contributed by atoms with E-state index < -0.39 is 0 Å². The molecule has 174 valence electrons. The molecule has 1 heterocycles. The van der Waals surface area contributed by atoms with Crippen LogP contribution >= 0.6 is 63.3 Å². The van der Waals surface area contributed by atoms with E-state index in [4.69, 9.17) is 32.7 Å². The van der Waals surface area contributed by atoms with Gasteiger partial charge in [-0.3, -0.25) is 0 Å². The van der Waals surface area contributed by atoms with E-state index in [1.807, 2.05) is 32.2 Å². The molecule has 0 aliphatic carbocycles. The molecule has 2 aromatic carbocycles. The number of hydrogen-bond acceptors (Lipinski definition) is 7. The third-order valence-corrected chi connectivity index (χ3v) is 6.36. The van der Waals surface area contributed by atoms with Crippen molar-refractivity contribution in [2.45, 2.75) is 25.2 Å². The number of nitrogens with one attached hydrogen (secondary N) is 1. The van der Waals surface area contributed by atoms with Gasteiger partial charge in [-0.15, -0.1) is 17.5 Å². The Morgan fingerprint density at radius 1 is 1.19 bits per heavy atom. The first-order valence-electron chi connectivity index (χ1n) is 9.55. The van der Waals surface area contributed by atoms with Crippen LogP contribution in [0.5, 0.6) is 11.5 Å². The van der Waals surface area contributed by atoms with Crippen molar-refractivity contribution in [2.24, 2.45) is 7.05 Å². The van der Waals surface area contributed by atoms with Crippen LogP contribution in [0.25, 0.3) is 0 Å². The summed E-state index contributed by atoms with van der Waals surface area (Å²) < 4.78 is 14.3. The Bertz CT molecular complexity index is 1020. The molecule has 0 radical (unpaired) electrons. The SMILES string of the molecule is CCOc1cc(CNCCSc2nnnn2C)cc(Br)c1OCc1ccc(Cl)cc1Cl.Cl. The minimum absolute atomic E-state index is 0. The van der Waals surface area contributed by atoms with Crippen LogP contribution in [0.2, 0.25) is 10.0 Å². The zero-order valence-corrected chi connectivity index (χ0v) is 22.2. The summed E-state index contributed by atoms with van der Waals surface area (Å²) in [5, 5.41) is 16.8. The second-order valence-electron chi connectivity index (χ2n) is 6.47. The zero-order chi connectivity index (χ0) is 22.2. The molecule has 0 saturated heterocycles. The second kappa shape index (κ2) is 13.5. The lowest BCUT2D eigenvalue weighted by Gasteiger charge is -2.16. The van der Waals surface area contributed by atoms with Gasteiger partial charge in [0.2, 0.25) is 5.16 Å². The summed E-state index contributed by atoms with van der Waals surface area (Å²) in [6, 6.07) is 9.35. The van der Waals surface area contributed by atoms with Crippen LogP contribution in [-0.4, -0.2) is 39.1 Å². The fourth-order valence-corrected chi connectivity index (χ4v) is 4.52. The van der Waals surface area contributed by atoms with Gasteiger partial charge in [-0.05, 0) is 63.1 Å². The molecule has 0 bridgehead atoms. The lowest BCUT2D eigenvalue weighted by Crippen LogP contribution is -2.17. The molecule has 7 nitrogen and oxygen atoms in total. The smallest absolute Gasteiger partial charge is 0.209 e. The molecular weight excluding hydrogens is 561 g/mol. The highest BCUT2D eigenvalue weighted by Gasteiger charge is 2.14. The van der Waals surface area contributed by atoms with E-state index in [-0.39, 0.29) is 12.4 Å². The molecule has 0 unspecified atom stereocenters. The van der Waals surface area contributed by atoms with Gasteiger partial charge in [-0.1, -0.05) is 41.0 Å². The summed E-state index contributed by atoms with van der Waals surface area (Å²) >= 11 is 17.4. The van der Waals surface area contributed by atoms with E-state index in [1.54, 1.807) is 28.6 Å². The molecule has 0 aliphatic rings. The van der Waals surface area contributed by atoms with Crippen molar-refractivity contribution < 1.29 is 9.47 Å². The van der Waals surface area contributed by atoms with Gasteiger partial charge in [0, 0.05) is 41.5 Å². The normalized spacial score (nSPS) is 10.7. The van der Waals surface area contributed by atoms with Gasteiger partial charge >= 0.3 is 0 Å². The largest absolute Gasteiger partial charge is 0.490 e. The number of ether oxygens (including phenoxy) is 2. The summed E-state index contributed by atoms with van der Waals surface area (Å²) in [6.07, 6.45) is 0. The number of thioether (sulfide) groups is 1. The van der Waals surface area contributed by atoms with Crippen molar-refractivity contribution in [1.29, 1.82) is 0 Å². The van der Waals surface area contributed by atoms with Crippen molar-refractivity contribution >= 4 is 63.3 Å². The topological polar surface area (TPSA) is 74.1 Å². The van der Waals surface area contributed by atoms with Gasteiger partial charge in [-0.25, -0.2) is 4.68 Å². The predicted octanol–water partition coefficient (Wildman–Crippen LogP) is 5.56. The van der Waals surface area contributed by atoms with Crippen LogP contribution in [0.15, 0.2) is 40.0 Å². The van der Waals surface area contributed by atoms with Gasteiger partial charge in [0.1, 0.15) is 6.61 Å². The van der Waals surface area contributed by atoms with Gasteiger partial charge in [-0.2, -0.15) is 0 Å². The van der Waals surface area contributed by atoms with Gasteiger partial charge < -0.3 is 14.8 Å². The number of halogens is 4. The Balaban J connectivity index is 0.00000363. The van der Waals surface area contributed by atoms with Crippen LogP contribution in [0.3, 0.4) is 0 Å². The number of nitrogens with zero attached hydrogens (tertiary/aromatic N) is 4. The molecule has 3 rings (SSSR count). The molecule has 1 N–H and O–H groups in total. The maximum atomic E-state index is 6.26. The Morgan fingerprint density at radius 2 is 2.00 bits per heavy atom. The van der Waals surface area contributed by atoms with Crippen LogP contribution in [0.1, 0.15) is 18.1 Å². The molecule has 32 heavy (non-hydrogen) atoms. The third kappa shape index (κ3) is 7.67. The minimum Gasteiger partial charge on any atom is -0.490 e. The maximum absolute atomic E-state index is 6.26. The van der Waals surface area contributed by atoms with Gasteiger partial charge in [0.15, 0.2) is 11.5 Å². The van der Waals surface area contributed by atoms with Crippen molar-refractivity contribution in [3.05, 3.63) is 56.0 Å². The highest BCUT2D eigenvalue weighted by molar-refractivity contribution is 9.10. The molecule has 3 aromatic rings. The predicted molar refractivity (Wildman–Crippen MR) is 135 cm³/mol. The van der Waals surface area contributed by atoms with Crippen molar-refractivity contribution in [2.75, 3.05) is 18.9 Å². The maximum Gasteiger partial charge on any atom is 0.209 e. The van der Waals surface area contributed by atoms with Crippen LogP contribution < -0.4 is 14.8 Å². The molecule has 0 fully saturated rings. The molecule has 12 heteroatoms. The lowest BCUT2D eigenvalue weighted by molar-refractivity contribution is 0.267.